The van der Waals surface area contributed by atoms with Crippen LogP contribution in [0.3, 0.4) is 0 Å². The van der Waals surface area contributed by atoms with Gasteiger partial charge in [0.15, 0.2) is 0 Å². The first-order valence-corrected chi connectivity index (χ1v) is 5.03. The highest BCUT2D eigenvalue weighted by molar-refractivity contribution is 6.17. The maximum absolute atomic E-state index is 5.38. The Morgan fingerprint density at radius 3 is 1.91 bits per heavy atom. The average molecular weight is 177 g/mol. The number of hydrogen-bond donors (Lipinski definition) is 0. The van der Waals surface area contributed by atoms with Crippen molar-refractivity contribution in [3.8, 4) is 0 Å². The number of allylic oxidation sites excluding steroid dienone is 2. The molecule has 0 fully saturated rings. The van der Waals surface area contributed by atoms with Crippen molar-refractivity contribution in [2.45, 2.75) is 46.5 Å². The largest absolute Gasteiger partial charge is 0.127 e. The molecule has 11 heavy (non-hydrogen) atoms. The molecule has 0 aliphatic rings. The van der Waals surface area contributed by atoms with Crippen LogP contribution in [0.15, 0.2) is 12.2 Å². The molecule has 0 aromatic rings. The molecule has 68 valence electrons. The van der Waals surface area contributed by atoms with Gasteiger partial charge in [0.1, 0.15) is 0 Å². The van der Waals surface area contributed by atoms with Crippen LogP contribution in [0.1, 0.15) is 46.5 Å². The van der Waals surface area contributed by atoms with Gasteiger partial charge in [-0.25, -0.2) is 0 Å². The molecule has 0 rings (SSSR count). The minimum absolute atomic E-state index is 0.827. The van der Waals surface area contributed by atoms with Crippen molar-refractivity contribution >= 4 is 11.6 Å². The molecule has 0 N–H and O–H groups in total. The fourth-order valence-corrected chi connectivity index (χ4v) is 0.769. The summed E-state index contributed by atoms with van der Waals surface area (Å²) in [6, 6.07) is 0. The molecular weight excluding hydrogens is 156 g/mol. The zero-order chi connectivity index (χ0) is 8.95. The van der Waals surface area contributed by atoms with Gasteiger partial charge in [-0.2, -0.15) is 0 Å². The Morgan fingerprint density at radius 2 is 1.82 bits per heavy atom. The van der Waals surface area contributed by atoms with E-state index >= 15 is 0 Å². The lowest BCUT2D eigenvalue weighted by Gasteiger charge is -1.84. The minimum Gasteiger partial charge on any atom is -0.127 e. The van der Waals surface area contributed by atoms with Gasteiger partial charge in [0, 0.05) is 5.88 Å². The van der Waals surface area contributed by atoms with Crippen LogP contribution >= 0.6 is 11.6 Å². The second-order valence-electron chi connectivity index (χ2n) is 2.37. The summed E-state index contributed by atoms with van der Waals surface area (Å²) in [6.07, 6.45) is 9.07. The number of hydrogen-bond acceptors (Lipinski definition) is 0. The van der Waals surface area contributed by atoms with Crippen molar-refractivity contribution in [2.75, 3.05) is 5.88 Å². The lowest BCUT2D eigenvalue weighted by molar-refractivity contribution is 0.776. The van der Waals surface area contributed by atoms with Crippen LogP contribution in [0.4, 0.5) is 0 Å². The lowest BCUT2D eigenvalue weighted by atomic mass is 10.3. The summed E-state index contributed by atoms with van der Waals surface area (Å²) in [5.41, 5.74) is 0. The summed E-state index contributed by atoms with van der Waals surface area (Å²) in [6.45, 7) is 6.33. The summed E-state index contributed by atoms with van der Waals surface area (Å²) in [4.78, 5) is 0. The molecule has 0 aliphatic carbocycles. The summed E-state index contributed by atoms with van der Waals surface area (Å²) < 4.78 is 0. The molecule has 0 unspecified atom stereocenters. The fourth-order valence-electron chi connectivity index (χ4n) is 0.580. The first-order valence-electron chi connectivity index (χ1n) is 4.50. The molecule has 0 nitrogen and oxygen atoms in total. The number of halogens is 1. The minimum atomic E-state index is 0.827. The molecule has 0 saturated carbocycles. The normalized spacial score (nSPS) is 9.45. The molecule has 0 heterocycles. The van der Waals surface area contributed by atoms with Gasteiger partial charge in [0.2, 0.25) is 0 Å². The molecule has 0 aliphatic heterocycles. The lowest BCUT2D eigenvalue weighted by Crippen LogP contribution is -1.70. The van der Waals surface area contributed by atoms with Gasteiger partial charge in [0.05, 0.1) is 0 Å². The van der Waals surface area contributed by atoms with E-state index in [0.717, 1.165) is 12.3 Å². The first-order chi connectivity index (χ1) is 5.33. The second-order valence-corrected chi connectivity index (χ2v) is 2.75. The Kier molecular flexibility index (Phi) is 20.5. The molecule has 0 atom stereocenters. The molecule has 0 radical (unpaired) electrons. The van der Waals surface area contributed by atoms with E-state index in [1.54, 1.807) is 0 Å². The van der Waals surface area contributed by atoms with E-state index < -0.39 is 0 Å². The average Bonchev–Trinajstić information content (AvgIpc) is 2.04. The molecular formula is C10H21Cl. The number of rotatable bonds is 4. The zero-order valence-corrected chi connectivity index (χ0v) is 8.82. The van der Waals surface area contributed by atoms with E-state index in [1.165, 1.54) is 19.3 Å². The van der Waals surface area contributed by atoms with E-state index in [2.05, 4.69) is 26.0 Å². The van der Waals surface area contributed by atoms with Gasteiger partial charge in [-0.05, 0) is 19.8 Å². The maximum atomic E-state index is 5.38. The predicted molar refractivity (Wildman–Crippen MR) is 55.4 cm³/mol. The summed E-state index contributed by atoms with van der Waals surface area (Å²) in [5.74, 6) is 0.827. The second kappa shape index (κ2) is 16.5. The van der Waals surface area contributed by atoms with Gasteiger partial charge in [-0.1, -0.05) is 38.8 Å². The molecule has 0 spiro atoms. The molecule has 0 saturated heterocycles. The van der Waals surface area contributed by atoms with Crippen molar-refractivity contribution in [1.82, 2.24) is 0 Å². The highest BCUT2D eigenvalue weighted by Crippen LogP contribution is 1.93. The van der Waals surface area contributed by atoms with Crippen LogP contribution in [0.25, 0.3) is 0 Å². The molecule has 1 heteroatoms. The fraction of sp³-hybridized carbons (Fsp3) is 0.800. The topological polar surface area (TPSA) is 0 Å². The van der Waals surface area contributed by atoms with Crippen LogP contribution in [-0.2, 0) is 0 Å². The highest BCUT2D eigenvalue weighted by atomic mass is 35.5. The SMILES string of the molecule is CC=CCC.CCCCCCl. The van der Waals surface area contributed by atoms with Crippen molar-refractivity contribution in [2.24, 2.45) is 0 Å². The third-order valence-electron chi connectivity index (χ3n) is 1.21. The van der Waals surface area contributed by atoms with Crippen molar-refractivity contribution in [3.63, 3.8) is 0 Å². The molecule has 0 bridgehead atoms. The van der Waals surface area contributed by atoms with E-state index in [-0.39, 0.29) is 0 Å². The van der Waals surface area contributed by atoms with Crippen molar-refractivity contribution in [1.29, 1.82) is 0 Å². The van der Waals surface area contributed by atoms with E-state index in [0.29, 0.717) is 0 Å². The van der Waals surface area contributed by atoms with E-state index in [9.17, 15) is 0 Å². The Balaban J connectivity index is 0. The van der Waals surface area contributed by atoms with Gasteiger partial charge in [-0.15, -0.1) is 11.6 Å². The molecule has 0 aromatic carbocycles. The Labute approximate surface area is 76.6 Å². The summed E-state index contributed by atoms with van der Waals surface area (Å²) in [5, 5.41) is 0. The van der Waals surface area contributed by atoms with Gasteiger partial charge < -0.3 is 0 Å². The zero-order valence-electron chi connectivity index (χ0n) is 8.07. The van der Waals surface area contributed by atoms with Gasteiger partial charge in [-0.3, -0.25) is 0 Å². The first kappa shape index (κ1) is 13.6. The molecule has 0 aromatic heterocycles. The van der Waals surface area contributed by atoms with Gasteiger partial charge in [0.25, 0.3) is 0 Å². The van der Waals surface area contributed by atoms with Crippen LogP contribution in [0, 0.1) is 0 Å². The maximum Gasteiger partial charge on any atom is 0.0223 e. The Morgan fingerprint density at radius 1 is 1.18 bits per heavy atom. The van der Waals surface area contributed by atoms with Crippen LogP contribution in [-0.4, -0.2) is 5.88 Å². The quantitative estimate of drug-likeness (QED) is 0.339. The van der Waals surface area contributed by atoms with Gasteiger partial charge >= 0.3 is 0 Å². The predicted octanol–water partition coefficient (Wildman–Crippen LogP) is 4.39. The standard InChI is InChI=1S/C5H11Cl.C5H10/c1-2-3-4-5-6;1-3-5-4-2/h2-5H2,1H3;3,5H,4H2,1-2H3. The number of unbranched alkanes of at least 4 members (excludes halogenated alkanes) is 2. The Bertz CT molecular complexity index is 63.3. The third kappa shape index (κ3) is 25.6. The van der Waals surface area contributed by atoms with Crippen LogP contribution in [0.2, 0.25) is 0 Å². The highest BCUT2D eigenvalue weighted by Gasteiger charge is 1.76. The summed E-state index contributed by atoms with van der Waals surface area (Å²) in [7, 11) is 0. The van der Waals surface area contributed by atoms with Crippen molar-refractivity contribution in [3.05, 3.63) is 12.2 Å². The van der Waals surface area contributed by atoms with Crippen LogP contribution in [0.5, 0.6) is 0 Å². The summed E-state index contributed by atoms with van der Waals surface area (Å²) >= 11 is 5.38. The van der Waals surface area contributed by atoms with E-state index in [1.807, 2.05) is 6.92 Å². The monoisotopic (exact) mass is 176 g/mol. The van der Waals surface area contributed by atoms with Crippen LogP contribution < -0.4 is 0 Å². The smallest absolute Gasteiger partial charge is 0.0223 e. The van der Waals surface area contributed by atoms with E-state index in [4.69, 9.17) is 11.6 Å². The third-order valence-corrected chi connectivity index (χ3v) is 1.48. The van der Waals surface area contributed by atoms with Crippen molar-refractivity contribution < 1.29 is 0 Å². The Hall–Kier alpha value is 0.0300. The number of alkyl halides is 1. The molecule has 0 amide bonds.